The molecule has 0 spiro atoms. The Kier molecular flexibility index (Phi) is 6.58. The van der Waals surface area contributed by atoms with Crippen LogP contribution in [0.5, 0.6) is 5.75 Å². The fraction of sp³-hybridized carbons (Fsp3) is 0.517. The summed E-state index contributed by atoms with van der Waals surface area (Å²) in [6.07, 6.45) is 5.84. The third kappa shape index (κ3) is 4.29. The van der Waals surface area contributed by atoms with E-state index in [4.69, 9.17) is 9.15 Å². The average Bonchev–Trinajstić information content (AvgIpc) is 3.46. The van der Waals surface area contributed by atoms with E-state index in [1.807, 2.05) is 41.8 Å². The summed E-state index contributed by atoms with van der Waals surface area (Å²) in [5, 5.41) is 3.35. The number of carbonyl (C=O) groups excluding carboxylic acids is 2. The number of fused-ring (bicyclic) bond motifs is 3. The minimum Gasteiger partial charge on any atom is -0.494 e. The minimum absolute atomic E-state index is 0.0966. The lowest BCUT2D eigenvalue weighted by Gasteiger charge is -2.45. The molecule has 7 heteroatoms. The van der Waals surface area contributed by atoms with Gasteiger partial charge in [-0.05, 0) is 49.3 Å². The smallest absolute Gasteiger partial charge is 0.271 e. The van der Waals surface area contributed by atoms with Gasteiger partial charge in [0.05, 0.1) is 24.9 Å². The SMILES string of the molecule is CCCOc1ccc(CN2C(=O)c3cc4occc4n3C[C@]2(C)C(=O)N[C@@H]2CCC[C@@H](C)[C@H]2C)cc1. The maximum absolute atomic E-state index is 14.0. The van der Waals surface area contributed by atoms with Crippen molar-refractivity contribution in [3.05, 3.63) is 53.9 Å². The number of benzene rings is 1. The molecule has 1 fully saturated rings. The standard InChI is InChI=1S/C29H37N3O4/c1-5-14-35-22-11-9-21(10-12-22)17-32-27(33)25-16-26-24(13-15-36-26)31(25)18-29(32,4)28(34)30-23-8-6-7-19(2)20(23)3/h9-13,15-16,19-20,23H,5-8,14,17-18H2,1-4H3,(H,30,34)/t19-,20-,23-,29-/m1/s1. The molecule has 1 aliphatic heterocycles. The normalized spacial score (nSPS) is 26.2. The lowest BCUT2D eigenvalue weighted by Crippen LogP contribution is -2.65. The number of ether oxygens (including phenoxy) is 1. The Hall–Kier alpha value is -3.22. The maximum Gasteiger partial charge on any atom is 0.271 e. The summed E-state index contributed by atoms with van der Waals surface area (Å²) in [4.78, 5) is 29.6. The highest BCUT2D eigenvalue weighted by Crippen LogP contribution is 2.35. The molecular formula is C29H37N3O4. The predicted octanol–water partition coefficient (Wildman–Crippen LogP) is 5.38. The highest BCUT2D eigenvalue weighted by Gasteiger charge is 2.48. The van der Waals surface area contributed by atoms with Crippen molar-refractivity contribution in [2.75, 3.05) is 6.61 Å². The lowest BCUT2D eigenvalue weighted by atomic mass is 9.77. The average molecular weight is 492 g/mol. The van der Waals surface area contributed by atoms with Crippen LogP contribution < -0.4 is 10.1 Å². The van der Waals surface area contributed by atoms with Crippen molar-refractivity contribution in [1.29, 1.82) is 0 Å². The highest BCUT2D eigenvalue weighted by atomic mass is 16.5. The van der Waals surface area contributed by atoms with Crippen molar-refractivity contribution in [2.24, 2.45) is 11.8 Å². The molecule has 3 aromatic rings. The zero-order chi connectivity index (χ0) is 25.4. The number of nitrogens with zero attached hydrogens (tertiary/aromatic N) is 2. The molecule has 0 radical (unpaired) electrons. The Balaban J connectivity index is 1.47. The van der Waals surface area contributed by atoms with Gasteiger partial charge in [0, 0.05) is 24.7 Å². The van der Waals surface area contributed by atoms with Crippen LogP contribution >= 0.6 is 0 Å². The summed E-state index contributed by atoms with van der Waals surface area (Å²) in [6.45, 7) is 9.82. The first-order valence-corrected chi connectivity index (χ1v) is 13.2. The number of carbonyl (C=O) groups is 2. The topological polar surface area (TPSA) is 76.7 Å². The van der Waals surface area contributed by atoms with Crippen molar-refractivity contribution >= 4 is 22.9 Å². The quantitative estimate of drug-likeness (QED) is 0.482. The third-order valence-corrected chi connectivity index (χ3v) is 8.30. The molecule has 1 N–H and O–H groups in total. The Labute approximate surface area is 212 Å². The molecular weight excluding hydrogens is 454 g/mol. The molecule has 2 aromatic heterocycles. The van der Waals surface area contributed by atoms with Crippen LogP contribution in [0, 0.1) is 11.8 Å². The van der Waals surface area contributed by atoms with Crippen LogP contribution in [-0.2, 0) is 17.9 Å². The van der Waals surface area contributed by atoms with Crippen LogP contribution in [0.1, 0.15) is 69.4 Å². The highest BCUT2D eigenvalue weighted by molar-refractivity contribution is 6.02. The van der Waals surface area contributed by atoms with Crippen molar-refractivity contribution < 1.29 is 18.7 Å². The third-order valence-electron chi connectivity index (χ3n) is 8.30. The van der Waals surface area contributed by atoms with Crippen LogP contribution in [0.15, 0.2) is 47.1 Å². The number of rotatable bonds is 7. The molecule has 5 rings (SSSR count). The van der Waals surface area contributed by atoms with E-state index >= 15 is 0 Å². The van der Waals surface area contributed by atoms with Gasteiger partial charge >= 0.3 is 0 Å². The van der Waals surface area contributed by atoms with Gasteiger partial charge in [0.15, 0.2) is 5.58 Å². The summed E-state index contributed by atoms with van der Waals surface area (Å²) in [6, 6.07) is 11.6. The zero-order valence-electron chi connectivity index (χ0n) is 21.8. The van der Waals surface area contributed by atoms with Gasteiger partial charge < -0.3 is 23.9 Å². The molecule has 3 heterocycles. The van der Waals surface area contributed by atoms with Gasteiger partial charge in [-0.3, -0.25) is 9.59 Å². The molecule has 36 heavy (non-hydrogen) atoms. The molecule has 2 amide bonds. The van der Waals surface area contributed by atoms with Crippen LogP contribution in [0.3, 0.4) is 0 Å². The largest absolute Gasteiger partial charge is 0.494 e. The van der Waals surface area contributed by atoms with Gasteiger partial charge in [0.1, 0.15) is 17.0 Å². The maximum atomic E-state index is 14.0. The lowest BCUT2D eigenvalue weighted by molar-refractivity contribution is -0.134. The Bertz CT molecular complexity index is 1240. The van der Waals surface area contributed by atoms with Gasteiger partial charge in [-0.25, -0.2) is 0 Å². The van der Waals surface area contributed by atoms with Gasteiger partial charge in [-0.2, -0.15) is 0 Å². The van der Waals surface area contributed by atoms with E-state index < -0.39 is 5.54 Å². The fourth-order valence-electron chi connectivity index (χ4n) is 5.72. The van der Waals surface area contributed by atoms with Crippen LogP contribution in [-0.4, -0.2) is 39.5 Å². The second-order valence-electron chi connectivity index (χ2n) is 10.8. The molecule has 0 unspecified atom stereocenters. The van der Waals surface area contributed by atoms with Crippen molar-refractivity contribution in [2.45, 2.75) is 78.0 Å². The molecule has 0 saturated heterocycles. The second-order valence-corrected chi connectivity index (χ2v) is 10.8. The molecule has 1 saturated carbocycles. The number of aromatic nitrogens is 1. The zero-order valence-corrected chi connectivity index (χ0v) is 21.8. The molecule has 1 aliphatic carbocycles. The summed E-state index contributed by atoms with van der Waals surface area (Å²) in [5.74, 6) is 1.51. The van der Waals surface area contributed by atoms with Gasteiger partial charge in [0.2, 0.25) is 5.91 Å². The van der Waals surface area contributed by atoms with E-state index in [-0.39, 0.29) is 17.9 Å². The summed E-state index contributed by atoms with van der Waals surface area (Å²) >= 11 is 0. The van der Waals surface area contributed by atoms with E-state index in [0.29, 0.717) is 42.8 Å². The predicted molar refractivity (Wildman–Crippen MR) is 139 cm³/mol. The number of amides is 2. The number of hydrogen-bond acceptors (Lipinski definition) is 4. The number of nitrogens with one attached hydrogen (secondary N) is 1. The van der Waals surface area contributed by atoms with E-state index in [1.54, 1.807) is 17.2 Å². The number of furan rings is 1. The van der Waals surface area contributed by atoms with Crippen LogP contribution in [0.2, 0.25) is 0 Å². The van der Waals surface area contributed by atoms with Crippen LogP contribution in [0.4, 0.5) is 0 Å². The van der Waals surface area contributed by atoms with Crippen molar-refractivity contribution in [1.82, 2.24) is 14.8 Å². The summed E-state index contributed by atoms with van der Waals surface area (Å²) in [7, 11) is 0. The molecule has 2 aliphatic rings. The molecule has 1 aromatic carbocycles. The van der Waals surface area contributed by atoms with Gasteiger partial charge in [0.25, 0.3) is 5.91 Å². The van der Waals surface area contributed by atoms with E-state index in [0.717, 1.165) is 36.1 Å². The Morgan fingerprint density at radius 3 is 2.72 bits per heavy atom. The van der Waals surface area contributed by atoms with Crippen molar-refractivity contribution in [3.63, 3.8) is 0 Å². The minimum atomic E-state index is -1.05. The first-order valence-electron chi connectivity index (χ1n) is 13.2. The van der Waals surface area contributed by atoms with E-state index in [2.05, 4.69) is 26.1 Å². The van der Waals surface area contributed by atoms with E-state index in [1.165, 1.54) is 6.42 Å². The molecule has 7 nitrogen and oxygen atoms in total. The first-order chi connectivity index (χ1) is 17.3. The fourth-order valence-corrected chi connectivity index (χ4v) is 5.72. The first kappa shape index (κ1) is 24.5. The Morgan fingerprint density at radius 2 is 1.97 bits per heavy atom. The van der Waals surface area contributed by atoms with Crippen LogP contribution in [0.25, 0.3) is 11.1 Å². The summed E-state index contributed by atoms with van der Waals surface area (Å²) < 4.78 is 13.2. The molecule has 4 atom stereocenters. The number of hydrogen-bond donors (Lipinski definition) is 1. The monoisotopic (exact) mass is 491 g/mol. The van der Waals surface area contributed by atoms with E-state index in [9.17, 15) is 9.59 Å². The van der Waals surface area contributed by atoms with Gasteiger partial charge in [-0.1, -0.05) is 45.7 Å². The molecule has 192 valence electrons. The Morgan fingerprint density at radius 1 is 1.19 bits per heavy atom. The second kappa shape index (κ2) is 9.68. The molecule has 0 bridgehead atoms. The summed E-state index contributed by atoms with van der Waals surface area (Å²) in [5.41, 5.74) is 1.96. The van der Waals surface area contributed by atoms with Crippen molar-refractivity contribution in [3.8, 4) is 5.75 Å². The van der Waals surface area contributed by atoms with Gasteiger partial charge in [-0.15, -0.1) is 0 Å².